The van der Waals surface area contributed by atoms with Gasteiger partial charge in [-0.25, -0.2) is 0 Å². The van der Waals surface area contributed by atoms with Crippen molar-refractivity contribution in [2.75, 3.05) is 0 Å². The maximum atomic E-state index is 10.7. The second-order valence-corrected chi connectivity index (χ2v) is 3.54. The van der Waals surface area contributed by atoms with Crippen LogP contribution < -0.4 is 0 Å². The van der Waals surface area contributed by atoms with Gasteiger partial charge in [0.05, 0.1) is 6.61 Å². The summed E-state index contributed by atoms with van der Waals surface area (Å²) in [6, 6.07) is 4.72. The van der Waals surface area contributed by atoms with Gasteiger partial charge < -0.3 is 10.2 Å². The van der Waals surface area contributed by atoms with Gasteiger partial charge in [0.2, 0.25) is 4.69 Å². The Morgan fingerprint density at radius 3 is 2.69 bits per heavy atom. The van der Waals surface area contributed by atoms with Crippen molar-refractivity contribution in [3.8, 4) is 5.75 Å². The van der Waals surface area contributed by atoms with Gasteiger partial charge in [0.15, 0.2) is 0 Å². The van der Waals surface area contributed by atoms with Crippen LogP contribution in [0.5, 0.6) is 5.75 Å². The minimum Gasteiger partial charge on any atom is -0.508 e. The summed E-state index contributed by atoms with van der Waals surface area (Å²) < 4.78 is -0.123. The molecule has 0 saturated carbocycles. The van der Waals surface area contributed by atoms with Gasteiger partial charge in [-0.05, 0) is 33.6 Å². The van der Waals surface area contributed by atoms with Crippen LogP contribution in [0.2, 0.25) is 0 Å². The van der Waals surface area contributed by atoms with Crippen LogP contribution in [-0.4, -0.2) is 14.9 Å². The summed E-state index contributed by atoms with van der Waals surface area (Å²) in [6.07, 6.45) is 0.257. The molecule has 0 spiro atoms. The number of aliphatic hydroxyl groups excluding tert-OH is 1. The third kappa shape index (κ3) is 2.82. The summed E-state index contributed by atoms with van der Waals surface area (Å²) in [5.41, 5.74) is 1.20. The van der Waals surface area contributed by atoms with Crippen LogP contribution in [0.25, 0.3) is 0 Å². The molecule has 13 heavy (non-hydrogen) atoms. The molecular formula is C9H9BrO3. The van der Waals surface area contributed by atoms with Crippen LogP contribution in [0.4, 0.5) is 0 Å². The third-order valence-corrected chi connectivity index (χ3v) is 1.94. The van der Waals surface area contributed by atoms with Crippen molar-refractivity contribution in [2.45, 2.75) is 13.0 Å². The molecule has 3 nitrogen and oxygen atoms in total. The van der Waals surface area contributed by atoms with E-state index < -0.39 is 0 Å². The monoisotopic (exact) mass is 244 g/mol. The molecule has 70 valence electrons. The average molecular weight is 245 g/mol. The molecule has 0 aliphatic heterocycles. The van der Waals surface area contributed by atoms with Crippen molar-refractivity contribution >= 4 is 20.6 Å². The lowest BCUT2D eigenvalue weighted by Crippen LogP contribution is -1.94. The van der Waals surface area contributed by atoms with Gasteiger partial charge in [-0.1, -0.05) is 6.07 Å². The van der Waals surface area contributed by atoms with E-state index in [9.17, 15) is 9.90 Å². The highest BCUT2D eigenvalue weighted by Gasteiger charge is 2.03. The Bertz CT molecular complexity index is 323. The summed E-state index contributed by atoms with van der Waals surface area (Å²) in [7, 11) is 0. The molecule has 0 amide bonds. The van der Waals surface area contributed by atoms with Gasteiger partial charge in [-0.2, -0.15) is 0 Å². The van der Waals surface area contributed by atoms with E-state index in [0.29, 0.717) is 5.56 Å². The zero-order chi connectivity index (χ0) is 9.84. The Hall–Kier alpha value is -0.870. The molecule has 0 aliphatic carbocycles. The quantitative estimate of drug-likeness (QED) is 0.790. The van der Waals surface area contributed by atoms with Gasteiger partial charge in [-0.3, -0.25) is 4.79 Å². The fourth-order valence-electron chi connectivity index (χ4n) is 1.04. The Kier molecular flexibility index (Phi) is 3.45. The molecular weight excluding hydrogens is 236 g/mol. The van der Waals surface area contributed by atoms with E-state index in [1.165, 1.54) is 6.07 Å². The number of phenols is 1. The molecule has 1 aromatic rings. The lowest BCUT2D eigenvalue weighted by atomic mass is 10.1. The second-order valence-electron chi connectivity index (χ2n) is 2.65. The summed E-state index contributed by atoms with van der Waals surface area (Å²) in [6.45, 7) is -0.226. The first-order valence-corrected chi connectivity index (χ1v) is 4.52. The number of rotatable bonds is 3. The van der Waals surface area contributed by atoms with Gasteiger partial charge >= 0.3 is 0 Å². The Morgan fingerprint density at radius 2 is 2.15 bits per heavy atom. The van der Waals surface area contributed by atoms with E-state index in [1.807, 2.05) is 0 Å². The number of carbonyl (C=O) groups excluding carboxylic acids is 1. The smallest absolute Gasteiger partial charge is 0.202 e. The van der Waals surface area contributed by atoms with Crippen LogP contribution in [0.1, 0.15) is 11.1 Å². The molecule has 0 unspecified atom stereocenters. The van der Waals surface area contributed by atoms with E-state index in [-0.39, 0.29) is 23.5 Å². The first kappa shape index (κ1) is 10.2. The topological polar surface area (TPSA) is 57.5 Å². The lowest BCUT2D eigenvalue weighted by molar-refractivity contribution is -0.109. The van der Waals surface area contributed by atoms with Crippen LogP contribution in [-0.2, 0) is 17.8 Å². The number of carbonyl (C=O) groups is 1. The van der Waals surface area contributed by atoms with Gasteiger partial charge in [0.1, 0.15) is 5.75 Å². The molecule has 2 N–H and O–H groups in total. The Labute approximate surface area is 84.1 Å². The van der Waals surface area contributed by atoms with Crippen LogP contribution in [0.3, 0.4) is 0 Å². The summed E-state index contributed by atoms with van der Waals surface area (Å²) >= 11 is 2.81. The summed E-state index contributed by atoms with van der Waals surface area (Å²) in [4.78, 5) is 10.7. The lowest BCUT2D eigenvalue weighted by Gasteiger charge is -2.03. The predicted molar refractivity (Wildman–Crippen MR) is 51.7 cm³/mol. The van der Waals surface area contributed by atoms with Gasteiger partial charge in [0.25, 0.3) is 0 Å². The first-order chi connectivity index (χ1) is 6.13. The molecule has 0 saturated heterocycles. The highest BCUT2D eigenvalue weighted by molar-refractivity contribution is 9.18. The standard InChI is InChI=1S/C9H9BrO3/c10-9(13)4-6-1-2-8(12)7(3-6)5-11/h1-3,11-12H,4-5H2. The van der Waals surface area contributed by atoms with Crippen molar-refractivity contribution in [2.24, 2.45) is 0 Å². The van der Waals surface area contributed by atoms with Crippen molar-refractivity contribution in [3.63, 3.8) is 0 Å². The highest BCUT2D eigenvalue weighted by Crippen LogP contribution is 2.19. The summed E-state index contributed by atoms with van der Waals surface area (Å²) in [5, 5.41) is 18.0. The highest BCUT2D eigenvalue weighted by atomic mass is 79.9. The molecule has 0 atom stereocenters. The Balaban J connectivity index is 2.92. The number of aliphatic hydroxyl groups is 1. The number of hydrogen-bond donors (Lipinski definition) is 2. The molecule has 0 radical (unpaired) electrons. The average Bonchev–Trinajstić information content (AvgIpc) is 2.07. The number of halogens is 1. The zero-order valence-corrected chi connectivity index (χ0v) is 8.41. The number of hydrogen-bond acceptors (Lipinski definition) is 3. The molecule has 0 heterocycles. The SMILES string of the molecule is O=C(Br)Cc1ccc(O)c(CO)c1. The second kappa shape index (κ2) is 4.39. The zero-order valence-electron chi connectivity index (χ0n) is 6.83. The normalized spacial score (nSPS) is 10.0. The predicted octanol–water partition coefficient (Wildman–Crippen LogP) is 1.35. The molecule has 0 aliphatic rings. The maximum absolute atomic E-state index is 10.7. The molecule has 0 bridgehead atoms. The maximum Gasteiger partial charge on any atom is 0.202 e. The third-order valence-electron chi connectivity index (χ3n) is 1.66. The summed E-state index contributed by atoms with van der Waals surface area (Å²) in [5.74, 6) is 0.0493. The number of aromatic hydroxyl groups is 1. The van der Waals surface area contributed by atoms with E-state index in [4.69, 9.17) is 5.11 Å². The fourth-order valence-corrected chi connectivity index (χ4v) is 1.36. The van der Waals surface area contributed by atoms with Crippen molar-refractivity contribution in [1.82, 2.24) is 0 Å². The first-order valence-electron chi connectivity index (χ1n) is 3.73. The minimum atomic E-state index is -0.226. The fraction of sp³-hybridized carbons (Fsp3) is 0.222. The van der Waals surface area contributed by atoms with E-state index in [2.05, 4.69) is 15.9 Å². The molecule has 1 aromatic carbocycles. The van der Waals surface area contributed by atoms with E-state index in [0.717, 1.165) is 5.56 Å². The van der Waals surface area contributed by atoms with Crippen LogP contribution in [0, 0.1) is 0 Å². The van der Waals surface area contributed by atoms with Crippen molar-refractivity contribution in [3.05, 3.63) is 29.3 Å². The molecule has 0 fully saturated rings. The largest absolute Gasteiger partial charge is 0.508 e. The van der Waals surface area contributed by atoms with Gasteiger partial charge in [0, 0.05) is 12.0 Å². The molecule has 1 rings (SSSR count). The van der Waals surface area contributed by atoms with E-state index in [1.54, 1.807) is 12.1 Å². The van der Waals surface area contributed by atoms with Crippen LogP contribution in [0.15, 0.2) is 18.2 Å². The van der Waals surface area contributed by atoms with E-state index >= 15 is 0 Å². The Morgan fingerprint density at radius 1 is 1.46 bits per heavy atom. The molecule has 4 heteroatoms. The van der Waals surface area contributed by atoms with Gasteiger partial charge in [-0.15, -0.1) is 0 Å². The van der Waals surface area contributed by atoms with Crippen molar-refractivity contribution < 1.29 is 15.0 Å². The van der Waals surface area contributed by atoms with Crippen molar-refractivity contribution in [1.29, 1.82) is 0 Å². The minimum absolute atomic E-state index is 0.0493. The van der Waals surface area contributed by atoms with Crippen LogP contribution >= 0.6 is 15.9 Å². The number of benzene rings is 1. The molecule has 0 aromatic heterocycles.